The van der Waals surface area contributed by atoms with Crippen molar-refractivity contribution < 1.29 is 38.5 Å². The van der Waals surface area contributed by atoms with E-state index < -0.39 is 41.5 Å². The van der Waals surface area contributed by atoms with Gasteiger partial charge in [0.25, 0.3) is 0 Å². The van der Waals surface area contributed by atoms with Crippen molar-refractivity contribution in [3.8, 4) is 16.3 Å². The number of carbonyl (C=O) groups excluding carboxylic acids is 4. The monoisotopic (exact) mass is 983 g/mol. The highest BCUT2D eigenvalue weighted by atomic mass is 35.5. The lowest BCUT2D eigenvalue weighted by Gasteiger charge is -2.35. The van der Waals surface area contributed by atoms with Gasteiger partial charge in [-0.15, -0.1) is 21.5 Å². The molecule has 69 heavy (non-hydrogen) atoms. The summed E-state index contributed by atoms with van der Waals surface area (Å²) < 4.78 is 18.9. The fourth-order valence-corrected chi connectivity index (χ4v) is 9.48. The second kappa shape index (κ2) is 22.9. The molecule has 3 amide bonds. The highest BCUT2D eigenvalue weighted by Crippen LogP contribution is 2.36. The Labute approximate surface area is 411 Å². The molecule has 2 aliphatic heterocycles. The molecule has 2 unspecified atom stereocenters. The molecule has 19 heteroatoms. The van der Waals surface area contributed by atoms with E-state index in [2.05, 4.69) is 30.8 Å². The third-order valence-electron chi connectivity index (χ3n) is 12.3. The van der Waals surface area contributed by atoms with Crippen LogP contribution in [0.4, 0.5) is 0 Å². The predicted octanol–water partition coefficient (Wildman–Crippen LogP) is 6.10. The summed E-state index contributed by atoms with van der Waals surface area (Å²) in [4.78, 5) is 69.2. The first-order valence-corrected chi connectivity index (χ1v) is 24.5. The van der Waals surface area contributed by atoms with Gasteiger partial charge in [-0.2, -0.15) is 0 Å². The number of carbonyl (C=O) groups is 4. The average Bonchev–Trinajstić information content (AvgIpc) is 4.08. The van der Waals surface area contributed by atoms with Crippen molar-refractivity contribution in [2.45, 2.75) is 105 Å². The van der Waals surface area contributed by atoms with Crippen LogP contribution in [0.2, 0.25) is 5.02 Å². The van der Waals surface area contributed by atoms with Crippen LogP contribution in [0.1, 0.15) is 97.8 Å². The highest BCUT2D eigenvalue weighted by molar-refractivity contribution is 7.13. The number of ketones is 1. The third kappa shape index (κ3) is 12.6. The summed E-state index contributed by atoms with van der Waals surface area (Å²) in [5.41, 5.74) is 8.64. The van der Waals surface area contributed by atoms with Crippen LogP contribution in [-0.4, -0.2) is 128 Å². The third-order valence-corrected chi connectivity index (χ3v) is 13.6. The molecule has 17 nitrogen and oxygen atoms in total. The summed E-state index contributed by atoms with van der Waals surface area (Å²) in [6, 6.07) is 13.0. The maximum atomic E-state index is 14.0. The van der Waals surface area contributed by atoms with Gasteiger partial charge in [-0.1, -0.05) is 68.8 Å². The van der Waals surface area contributed by atoms with E-state index in [0.29, 0.717) is 49.3 Å². The molecule has 1 fully saturated rings. The molecule has 3 aromatic heterocycles. The van der Waals surface area contributed by atoms with Crippen LogP contribution < -0.4 is 10.6 Å². The van der Waals surface area contributed by atoms with Crippen LogP contribution >= 0.6 is 22.9 Å². The van der Waals surface area contributed by atoms with Gasteiger partial charge in [0.1, 0.15) is 42.2 Å². The molecule has 5 heterocycles. The number of amides is 3. The lowest BCUT2D eigenvalue weighted by Crippen LogP contribution is -2.58. The Balaban J connectivity index is 0.797. The van der Waals surface area contributed by atoms with E-state index in [1.165, 1.54) is 4.90 Å². The lowest BCUT2D eigenvalue weighted by atomic mass is 9.85. The number of likely N-dealkylation sites (tertiary alicyclic amines) is 1. The van der Waals surface area contributed by atoms with Crippen molar-refractivity contribution in [2.24, 2.45) is 10.4 Å². The summed E-state index contributed by atoms with van der Waals surface area (Å²) >= 11 is 7.80. The lowest BCUT2D eigenvalue weighted by molar-refractivity contribution is -0.144. The minimum atomic E-state index is -0.980. The molecule has 5 aromatic rings. The minimum Gasteiger partial charge on any atom is -0.391 e. The van der Waals surface area contributed by atoms with E-state index in [0.717, 1.165) is 55.6 Å². The maximum Gasteiger partial charge on any atom is 0.246 e. The molecule has 2 aromatic carbocycles. The Morgan fingerprint density at radius 1 is 0.928 bits per heavy atom. The van der Waals surface area contributed by atoms with Crippen molar-refractivity contribution in [2.75, 3.05) is 46.2 Å². The minimum absolute atomic E-state index is 0.0258. The Morgan fingerprint density at radius 2 is 1.61 bits per heavy atom. The Hall–Kier alpha value is -5.63. The van der Waals surface area contributed by atoms with Crippen molar-refractivity contribution in [1.82, 2.24) is 40.3 Å². The van der Waals surface area contributed by atoms with Gasteiger partial charge in [-0.3, -0.25) is 28.7 Å². The first-order chi connectivity index (χ1) is 33.0. The molecule has 4 atom stereocenters. The van der Waals surface area contributed by atoms with E-state index >= 15 is 0 Å². The van der Waals surface area contributed by atoms with Gasteiger partial charge in [-0.25, -0.2) is 4.98 Å². The number of hydrogen-bond acceptors (Lipinski definition) is 13. The van der Waals surface area contributed by atoms with Gasteiger partial charge in [0.2, 0.25) is 17.7 Å². The SMILES string of the molecule is Cc1ncsc1-c1ccc(CNC(=O)[C@@H]2C[C@@H](O)CN2C(=O)C(NC(=O)COCCOCCOCCCC(=O)CC2N=C(c3ccc(Cl)cc3)c3c([nH]c(C)c3C)-n3c(C)nnc32)C(C)(C)C)cc1. The number of ether oxygens (including phenoxy) is 3. The standard InChI is InChI=1S/C50H62ClN9O8S/c1-29-30(2)54-47-42(29)43(34-14-16-36(51)17-15-34)55-39(46-58-57-32(4)60(46)47)23-37(61)9-8-18-66-19-20-67-21-22-68-27-41(63)56-45(50(5,6)7)49(65)59-26-38(62)24-40(59)48(64)52-25-33-10-12-35(13-11-33)44-31(3)53-28-69-44/h10-17,28,38-40,45,54,62H,8-9,18-27H2,1-7H3,(H,52,64)(H,56,63)/t38-,39?,40+,45?/m1/s1. The zero-order chi connectivity index (χ0) is 49.4. The van der Waals surface area contributed by atoms with E-state index in [4.69, 9.17) is 30.8 Å². The molecule has 368 valence electrons. The van der Waals surface area contributed by atoms with E-state index in [-0.39, 0.29) is 57.4 Å². The van der Waals surface area contributed by atoms with Crippen molar-refractivity contribution in [1.29, 1.82) is 0 Å². The van der Waals surface area contributed by atoms with E-state index in [1.54, 1.807) is 11.3 Å². The topological polar surface area (TPSA) is 215 Å². The largest absolute Gasteiger partial charge is 0.391 e. The number of aliphatic imine (C=N–C) groups is 1. The van der Waals surface area contributed by atoms with Crippen LogP contribution in [0, 0.1) is 33.1 Å². The van der Waals surface area contributed by atoms with Crippen molar-refractivity contribution in [3.63, 3.8) is 0 Å². The zero-order valence-electron chi connectivity index (χ0n) is 40.3. The number of thiazole rings is 1. The average molecular weight is 985 g/mol. The number of aliphatic hydroxyl groups is 1. The number of fused-ring (bicyclic) bond motifs is 3. The van der Waals surface area contributed by atoms with Crippen LogP contribution in [0.15, 0.2) is 59.0 Å². The van der Waals surface area contributed by atoms with Crippen LogP contribution in [0.25, 0.3) is 16.3 Å². The Bertz CT molecular complexity index is 2640. The summed E-state index contributed by atoms with van der Waals surface area (Å²) in [6.07, 6.45) is 0.186. The number of Topliss-reactive ketones (excluding diaryl/α,β-unsaturated/α-hetero) is 1. The molecule has 7 rings (SSSR count). The smallest absolute Gasteiger partial charge is 0.246 e. The first kappa shape index (κ1) is 51.2. The number of hydrogen-bond donors (Lipinski definition) is 4. The van der Waals surface area contributed by atoms with E-state index in [1.807, 2.05) is 107 Å². The Morgan fingerprint density at radius 3 is 2.29 bits per heavy atom. The fraction of sp³-hybridized carbons (Fsp3) is 0.480. The van der Waals surface area contributed by atoms with E-state index in [9.17, 15) is 24.3 Å². The predicted molar refractivity (Wildman–Crippen MR) is 263 cm³/mol. The van der Waals surface area contributed by atoms with Gasteiger partial charge >= 0.3 is 0 Å². The second-order valence-electron chi connectivity index (χ2n) is 18.6. The van der Waals surface area contributed by atoms with Crippen LogP contribution in [0.5, 0.6) is 0 Å². The molecule has 0 aliphatic carbocycles. The number of nitrogens with zero attached hydrogens (tertiary/aromatic N) is 6. The number of rotatable bonds is 21. The molecule has 0 spiro atoms. The van der Waals surface area contributed by atoms with Crippen LogP contribution in [-0.2, 0) is 39.9 Å². The Kier molecular flexibility index (Phi) is 17.0. The van der Waals surface area contributed by atoms with Gasteiger partial charge in [0.05, 0.1) is 54.3 Å². The van der Waals surface area contributed by atoms with Crippen LogP contribution in [0.3, 0.4) is 0 Å². The van der Waals surface area contributed by atoms with Crippen molar-refractivity contribution >= 4 is 52.2 Å². The molecule has 1 saturated heterocycles. The molecular weight excluding hydrogens is 922 g/mol. The van der Waals surface area contributed by atoms with Crippen molar-refractivity contribution in [3.05, 3.63) is 104 Å². The van der Waals surface area contributed by atoms with Gasteiger partial charge in [-0.05, 0) is 68.4 Å². The molecule has 0 radical (unpaired) electrons. The number of benzene rings is 2. The molecule has 0 bridgehead atoms. The second-order valence-corrected chi connectivity index (χ2v) is 19.9. The number of halogens is 1. The summed E-state index contributed by atoms with van der Waals surface area (Å²) in [6.45, 7) is 14.6. The zero-order valence-corrected chi connectivity index (χ0v) is 41.8. The number of aliphatic hydroxyl groups excluding tert-OH is 1. The number of aryl methyl sites for hydroxylation is 3. The summed E-state index contributed by atoms with van der Waals surface area (Å²) in [5.74, 6) is 0.819. The molecular formula is C50H62ClN9O8S. The number of β-amino-alcohol motifs (C(OH)–C–C–N with tert-alkyl or cyclic N) is 1. The maximum absolute atomic E-state index is 14.0. The summed E-state index contributed by atoms with van der Waals surface area (Å²) in [7, 11) is 0. The summed E-state index contributed by atoms with van der Waals surface area (Å²) in [5, 5.41) is 25.7. The fourth-order valence-electron chi connectivity index (χ4n) is 8.55. The quantitative estimate of drug-likeness (QED) is 0.0617. The number of nitrogens with one attached hydrogen (secondary N) is 3. The highest BCUT2D eigenvalue weighted by Gasteiger charge is 2.44. The van der Waals surface area contributed by atoms with Gasteiger partial charge in [0.15, 0.2) is 5.82 Å². The van der Waals surface area contributed by atoms with Gasteiger partial charge < -0.3 is 39.8 Å². The normalized spacial score (nSPS) is 17.2. The number of aromatic nitrogens is 5. The number of aromatic amines is 1. The molecule has 4 N–H and O–H groups in total. The molecule has 0 saturated carbocycles. The van der Waals surface area contributed by atoms with Gasteiger partial charge in [0, 0.05) is 60.8 Å². The number of H-pyrrole nitrogens is 1. The first-order valence-electron chi connectivity index (χ1n) is 23.3. The molecule has 2 aliphatic rings.